The number of nitriles is 1. The first kappa shape index (κ1) is 10.6. The fraction of sp³-hybridized carbons (Fsp3) is 0.750. The zero-order valence-electron chi connectivity index (χ0n) is 7.09. The van der Waals surface area contributed by atoms with Crippen molar-refractivity contribution in [1.29, 1.82) is 5.26 Å². The molecule has 72 valence electrons. The third-order valence-electron chi connectivity index (χ3n) is 2.05. The second-order valence-electron chi connectivity index (χ2n) is 3.04. The van der Waals surface area contributed by atoms with Gasteiger partial charge in [0.15, 0.2) is 0 Å². The van der Waals surface area contributed by atoms with Crippen molar-refractivity contribution in [3.63, 3.8) is 0 Å². The van der Waals surface area contributed by atoms with Gasteiger partial charge in [-0.25, -0.2) is 0 Å². The van der Waals surface area contributed by atoms with Crippen molar-refractivity contribution in [2.75, 3.05) is 13.1 Å². The summed E-state index contributed by atoms with van der Waals surface area (Å²) in [6, 6.07) is 1.58. The Morgan fingerprint density at radius 2 is 1.85 bits per heavy atom. The summed E-state index contributed by atoms with van der Waals surface area (Å²) in [5, 5.41) is 8.53. The van der Waals surface area contributed by atoms with Gasteiger partial charge >= 0.3 is 0 Å². The van der Waals surface area contributed by atoms with Gasteiger partial charge in [-0.2, -0.15) is 5.26 Å². The second-order valence-corrected chi connectivity index (χ2v) is 4.37. The Bertz CT molecular complexity index is 241. The lowest BCUT2D eigenvalue weighted by Gasteiger charge is -2.28. The number of piperidine rings is 1. The molecular weight excluding hydrogens is 211 g/mol. The van der Waals surface area contributed by atoms with Gasteiger partial charge in [-0.1, -0.05) is 23.2 Å². The Morgan fingerprint density at radius 3 is 2.31 bits per heavy atom. The maximum atomic E-state index is 11.5. The minimum Gasteiger partial charge on any atom is -0.339 e. The molecule has 3 nitrogen and oxygen atoms in total. The van der Waals surface area contributed by atoms with Gasteiger partial charge in [0.1, 0.15) is 6.07 Å². The lowest BCUT2D eigenvalue weighted by Crippen LogP contribution is -2.44. The Hall–Kier alpha value is -0.460. The Balaban J connectivity index is 2.61. The SMILES string of the molecule is N#CC(Cl)(Cl)C(=O)N1CCCCC1. The average molecular weight is 221 g/mol. The van der Waals surface area contributed by atoms with Crippen LogP contribution in [0.25, 0.3) is 0 Å². The molecule has 5 heteroatoms. The normalized spacial score (nSPS) is 18.1. The summed E-state index contributed by atoms with van der Waals surface area (Å²) in [6.07, 6.45) is 3.04. The Kier molecular flexibility index (Phi) is 3.40. The van der Waals surface area contributed by atoms with Crippen molar-refractivity contribution in [3.05, 3.63) is 0 Å². The molecular formula is C8H10Cl2N2O. The van der Waals surface area contributed by atoms with E-state index in [-0.39, 0.29) is 0 Å². The van der Waals surface area contributed by atoms with Crippen molar-refractivity contribution < 1.29 is 4.79 Å². The summed E-state index contributed by atoms with van der Waals surface area (Å²) >= 11 is 11.0. The number of rotatable bonds is 1. The van der Waals surface area contributed by atoms with E-state index < -0.39 is 10.2 Å². The van der Waals surface area contributed by atoms with E-state index in [0.717, 1.165) is 19.3 Å². The summed E-state index contributed by atoms with van der Waals surface area (Å²) in [4.78, 5) is 13.0. The molecule has 0 atom stereocenters. The molecule has 0 N–H and O–H groups in total. The van der Waals surface area contributed by atoms with E-state index in [4.69, 9.17) is 28.5 Å². The van der Waals surface area contributed by atoms with Gasteiger partial charge in [-0.05, 0) is 19.3 Å². The highest BCUT2D eigenvalue weighted by Crippen LogP contribution is 2.24. The van der Waals surface area contributed by atoms with E-state index in [0.29, 0.717) is 13.1 Å². The number of hydrogen-bond acceptors (Lipinski definition) is 2. The van der Waals surface area contributed by atoms with Gasteiger partial charge in [0.2, 0.25) is 0 Å². The van der Waals surface area contributed by atoms with E-state index in [1.165, 1.54) is 0 Å². The third-order valence-corrected chi connectivity index (χ3v) is 2.54. The fourth-order valence-electron chi connectivity index (χ4n) is 1.34. The van der Waals surface area contributed by atoms with Crippen LogP contribution in [0.4, 0.5) is 0 Å². The van der Waals surface area contributed by atoms with Gasteiger partial charge < -0.3 is 4.90 Å². The Labute approximate surface area is 87.2 Å². The molecule has 1 saturated heterocycles. The highest BCUT2D eigenvalue weighted by Gasteiger charge is 2.37. The van der Waals surface area contributed by atoms with Gasteiger partial charge in [-0.15, -0.1) is 0 Å². The molecule has 0 aromatic carbocycles. The zero-order chi connectivity index (χ0) is 9.90. The van der Waals surface area contributed by atoms with Crippen molar-refractivity contribution >= 4 is 29.1 Å². The Morgan fingerprint density at radius 1 is 1.31 bits per heavy atom. The van der Waals surface area contributed by atoms with Crippen molar-refractivity contribution in [2.45, 2.75) is 23.6 Å². The lowest BCUT2D eigenvalue weighted by molar-refractivity contribution is -0.131. The fourth-order valence-corrected chi connectivity index (χ4v) is 1.58. The number of likely N-dealkylation sites (tertiary alicyclic amines) is 1. The van der Waals surface area contributed by atoms with Crippen LogP contribution in [-0.4, -0.2) is 28.2 Å². The maximum Gasteiger partial charge on any atom is 0.281 e. The van der Waals surface area contributed by atoms with Crippen molar-refractivity contribution in [2.24, 2.45) is 0 Å². The minimum atomic E-state index is -1.91. The number of carbonyl (C=O) groups excluding carboxylic acids is 1. The van der Waals surface area contributed by atoms with Gasteiger partial charge in [0.05, 0.1) is 0 Å². The molecule has 13 heavy (non-hydrogen) atoms. The van der Waals surface area contributed by atoms with Crippen LogP contribution < -0.4 is 0 Å². The molecule has 1 aliphatic heterocycles. The molecule has 0 saturated carbocycles. The molecule has 1 heterocycles. The summed E-state index contributed by atoms with van der Waals surface area (Å²) in [5.74, 6) is -0.488. The highest BCUT2D eigenvalue weighted by molar-refractivity contribution is 6.60. The molecule has 0 aromatic rings. The summed E-state index contributed by atoms with van der Waals surface area (Å²) < 4.78 is -1.91. The number of hydrogen-bond donors (Lipinski definition) is 0. The number of carbonyl (C=O) groups is 1. The molecule has 0 aromatic heterocycles. The molecule has 1 aliphatic rings. The van der Waals surface area contributed by atoms with Gasteiger partial charge in [0, 0.05) is 13.1 Å². The summed E-state index contributed by atoms with van der Waals surface area (Å²) in [5.41, 5.74) is 0. The minimum absolute atomic E-state index is 0.488. The van der Waals surface area contributed by atoms with Crippen LogP contribution in [0.3, 0.4) is 0 Å². The molecule has 0 aliphatic carbocycles. The predicted molar refractivity (Wildman–Crippen MR) is 50.5 cm³/mol. The standard InChI is InChI=1S/C8H10Cl2N2O/c9-8(10,6-11)7(13)12-4-2-1-3-5-12/h1-5H2. The van der Waals surface area contributed by atoms with Crippen LogP contribution >= 0.6 is 23.2 Å². The first-order valence-electron chi connectivity index (χ1n) is 4.16. The van der Waals surface area contributed by atoms with Crippen LogP contribution in [0.1, 0.15) is 19.3 Å². The third kappa shape index (κ3) is 2.49. The van der Waals surface area contributed by atoms with E-state index in [2.05, 4.69) is 0 Å². The molecule has 0 bridgehead atoms. The number of amides is 1. The van der Waals surface area contributed by atoms with Crippen molar-refractivity contribution in [3.8, 4) is 6.07 Å². The van der Waals surface area contributed by atoms with Crippen LogP contribution in [0, 0.1) is 11.3 Å². The highest BCUT2D eigenvalue weighted by atomic mass is 35.5. The van der Waals surface area contributed by atoms with E-state index in [9.17, 15) is 4.79 Å². The zero-order valence-corrected chi connectivity index (χ0v) is 8.61. The molecule has 0 radical (unpaired) electrons. The average Bonchev–Trinajstić information content (AvgIpc) is 2.18. The number of halogens is 2. The van der Waals surface area contributed by atoms with Gasteiger partial charge in [0.25, 0.3) is 10.2 Å². The van der Waals surface area contributed by atoms with E-state index in [1.54, 1.807) is 11.0 Å². The van der Waals surface area contributed by atoms with Crippen LogP contribution in [0.15, 0.2) is 0 Å². The lowest BCUT2D eigenvalue weighted by atomic mass is 10.1. The summed E-state index contributed by atoms with van der Waals surface area (Å²) in [6.45, 7) is 1.31. The molecule has 0 unspecified atom stereocenters. The monoisotopic (exact) mass is 220 g/mol. The first-order chi connectivity index (χ1) is 6.08. The topological polar surface area (TPSA) is 44.1 Å². The molecule has 0 spiro atoms. The van der Waals surface area contributed by atoms with Crippen LogP contribution in [0.5, 0.6) is 0 Å². The van der Waals surface area contributed by atoms with Crippen molar-refractivity contribution in [1.82, 2.24) is 4.90 Å². The summed E-state index contributed by atoms with van der Waals surface area (Å²) in [7, 11) is 0. The van der Waals surface area contributed by atoms with E-state index >= 15 is 0 Å². The maximum absolute atomic E-state index is 11.5. The van der Waals surface area contributed by atoms with Crippen LogP contribution in [0.2, 0.25) is 0 Å². The number of alkyl halides is 2. The first-order valence-corrected chi connectivity index (χ1v) is 4.92. The quantitative estimate of drug-likeness (QED) is 0.632. The number of nitrogens with zero attached hydrogens (tertiary/aromatic N) is 2. The smallest absolute Gasteiger partial charge is 0.281 e. The molecule has 1 fully saturated rings. The molecule has 1 amide bonds. The largest absolute Gasteiger partial charge is 0.339 e. The van der Waals surface area contributed by atoms with Crippen LogP contribution in [-0.2, 0) is 4.79 Å². The second kappa shape index (κ2) is 4.17. The van der Waals surface area contributed by atoms with E-state index in [1.807, 2.05) is 0 Å². The molecule has 1 rings (SSSR count). The predicted octanol–water partition coefficient (Wildman–Crippen LogP) is 1.70. The van der Waals surface area contributed by atoms with Gasteiger partial charge in [-0.3, -0.25) is 4.79 Å².